The lowest BCUT2D eigenvalue weighted by Gasteiger charge is -2.35. The minimum absolute atomic E-state index is 0.0657. The molecule has 1 saturated heterocycles. The zero-order chi connectivity index (χ0) is 11.5. The minimum atomic E-state index is -0.0657. The van der Waals surface area contributed by atoms with Gasteiger partial charge in [-0.2, -0.15) is 0 Å². The Morgan fingerprint density at radius 3 is 3.00 bits per heavy atom. The van der Waals surface area contributed by atoms with Gasteiger partial charge in [0.15, 0.2) is 0 Å². The van der Waals surface area contributed by atoms with Crippen LogP contribution < -0.4 is 0 Å². The number of aromatic nitrogens is 2. The lowest BCUT2D eigenvalue weighted by molar-refractivity contribution is -0.0978. The van der Waals surface area contributed by atoms with Crippen LogP contribution in [0, 0.1) is 0 Å². The van der Waals surface area contributed by atoms with Crippen LogP contribution in [0.15, 0.2) is 12.4 Å². The predicted molar refractivity (Wildman–Crippen MR) is 59.9 cm³/mol. The van der Waals surface area contributed by atoms with E-state index in [0.29, 0.717) is 0 Å². The smallest absolute Gasteiger partial charge is 0.122 e. The van der Waals surface area contributed by atoms with Gasteiger partial charge in [-0.15, -0.1) is 0 Å². The number of imidazole rings is 1. The van der Waals surface area contributed by atoms with Gasteiger partial charge >= 0.3 is 0 Å². The number of ether oxygens (including phenoxy) is 1. The topological polar surface area (TPSA) is 50.5 Å². The SMILES string of the molecule is CC1CN(Cc2nccn2C)CC(CO)O1. The Kier molecular flexibility index (Phi) is 3.58. The van der Waals surface area contributed by atoms with E-state index in [1.54, 1.807) is 0 Å². The normalized spacial score (nSPS) is 27.2. The second kappa shape index (κ2) is 4.95. The fourth-order valence-electron chi connectivity index (χ4n) is 2.12. The Labute approximate surface area is 95.7 Å². The van der Waals surface area contributed by atoms with Gasteiger partial charge in [0.2, 0.25) is 0 Å². The van der Waals surface area contributed by atoms with Crippen LogP contribution in [0.2, 0.25) is 0 Å². The molecule has 1 N–H and O–H groups in total. The van der Waals surface area contributed by atoms with Gasteiger partial charge in [-0.1, -0.05) is 0 Å². The van der Waals surface area contributed by atoms with Crippen LogP contribution in [0.4, 0.5) is 0 Å². The van der Waals surface area contributed by atoms with E-state index in [1.165, 1.54) is 0 Å². The summed E-state index contributed by atoms with van der Waals surface area (Å²) in [6.07, 6.45) is 3.86. The first-order valence-corrected chi connectivity index (χ1v) is 5.64. The third-order valence-electron chi connectivity index (χ3n) is 2.89. The van der Waals surface area contributed by atoms with Crippen molar-refractivity contribution in [3.05, 3.63) is 18.2 Å². The number of hydrogen-bond donors (Lipinski definition) is 1. The molecule has 1 fully saturated rings. The molecule has 2 heterocycles. The minimum Gasteiger partial charge on any atom is -0.394 e. The molecule has 1 aliphatic rings. The molecular formula is C11H19N3O2. The molecule has 1 aromatic rings. The summed E-state index contributed by atoms with van der Waals surface area (Å²) >= 11 is 0. The molecule has 0 spiro atoms. The van der Waals surface area contributed by atoms with Crippen LogP contribution in [-0.2, 0) is 18.3 Å². The Balaban J connectivity index is 1.96. The summed E-state index contributed by atoms with van der Waals surface area (Å²) in [6, 6.07) is 0. The van der Waals surface area contributed by atoms with Gasteiger partial charge in [0.05, 0.1) is 25.4 Å². The number of aliphatic hydroxyl groups is 1. The summed E-state index contributed by atoms with van der Waals surface area (Å²) in [5.74, 6) is 1.05. The molecular weight excluding hydrogens is 206 g/mol. The van der Waals surface area contributed by atoms with Gasteiger partial charge in [-0.05, 0) is 6.92 Å². The molecule has 16 heavy (non-hydrogen) atoms. The average molecular weight is 225 g/mol. The lowest BCUT2D eigenvalue weighted by atomic mass is 10.2. The molecule has 1 aliphatic heterocycles. The first kappa shape index (κ1) is 11.6. The molecule has 0 aromatic carbocycles. The van der Waals surface area contributed by atoms with Crippen LogP contribution >= 0.6 is 0 Å². The van der Waals surface area contributed by atoms with Crippen LogP contribution in [0.3, 0.4) is 0 Å². The van der Waals surface area contributed by atoms with Crippen molar-refractivity contribution in [1.29, 1.82) is 0 Å². The van der Waals surface area contributed by atoms with E-state index in [9.17, 15) is 0 Å². The summed E-state index contributed by atoms with van der Waals surface area (Å²) < 4.78 is 7.62. The van der Waals surface area contributed by atoms with Gasteiger partial charge in [0, 0.05) is 32.5 Å². The third kappa shape index (κ3) is 2.61. The van der Waals surface area contributed by atoms with Crippen molar-refractivity contribution in [3.8, 4) is 0 Å². The van der Waals surface area contributed by atoms with Crippen molar-refractivity contribution in [1.82, 2.24) is 14.5 Å². The fraction of sp³-hybridized carbons (Fsp3) is 0.727. The van der Waals surface area contributed by atoms with E-state index < -0.39 is 0 Å². The number of aliphatic hydroxyl groups excluding tert-OH is 1. The number of hydrogen-bond acceptors (Lipinski definition) is 4. The van der Waals surface area contributed by atoms with Gasteiger partial charge < -0.3 is 14.4 Å². The summed E-state index contributed by atoms with van der Waals surface area (Å²) in [4.78, 5) is 6.58. The highest BCUT2D eigenvalue weighted by Gasteiger charge is 2.25. The van der Waals surface area contributed by atoms with Crippen LogP contribution in [-0.4, -0.2) is 51.5 Å². The summed E-state index contributed by atoms with van der Waals surface area (Å²) in [7, 11) is 2.00. The molecule has 0 radical (unpaired) electrons. The van der Waals surface area contributed by atoms with Crippen molar-refractivity contribution >= 4 is 0 Å². The van der Waals surface area contributed by atoms with E-state index in [2.05, 4.69) is 9.88 Å². The Bertz CT molecular complexity index is 340. The number of aryl methyl sites for hydroxylation is 1. The van der Waals surface area contributed by atoms with Gasteiger partial charge in [0.25, 0.3) is 0 Å². The summed E-state index contributed by atoms with van der Waals surface area (Å²) in [5, 5.41) is 9.13. The van der Waals surface area contributed by atoms with Crippen molar-refractivity contribution in [3.63, 3.8) is 0 Å². The average Bonchev–Trinajstić information content (AvgIpc) is 2.63. The Morgan fingerprint density at radius 2 is 2.38 bits per heavy atom. The summed E-state index contributed by atoms with van der Waals surface area (Å²) in [6.45, 7) is 4.60. The second-order valence-electron chi connectivity index (χ2n) is 4.40. The highest BCUT2D eigenvalue weighted by atomic mass is 16.5. The van der Waals surface area contributed by atoms with Crippen molar-refractivity contribution in [2.24, 2.45) is 7.05 Å². The molecule has 2 rings (SSSR count). The largest absolute Gasteiger partial charge is 0.394 e. The first-order valence-electron chi connectivity index (χ1n) is 5.64. The quantitative estimate of drug-likeness (QED) is 0.787. The van der Waals surface area contributed by atoms with Crippen LogP contribution in [0.25, 0.3) is 0 Å². The maximum absolute atomic E-state index is 9.13. The van der Waals surface area contributed by atoms with Crippen LogP contribution in [0.5, 0.6) is 0 Å². The standard InChI is InChI=1S/C11H19N3O2/c1-9-5-14(6-10(8-15)16-9)7-11-12-3-4-13(11)2/h3-4,9-10,15H,5-8H2,1-2H3. The van der Waals surface area contributed by atoms with Crippen molar-refractivity contribution < 1.29 is 9.84 Å². The monoisotopic (exact) mass is 225 g/mol. The molecule has 2 unspecified atom stereocenters. The molecule has 0 bridgehead atoms. The number of morpholine rings is 1. The van der Waals surface area contributed by atoms with Gasteiger partial charge in [0.1, 0.15) is 5.82 Å². The maximum atomic E-state index is 9.13. The van der Waals surface area contributed by atoms with Crippen molar-refractivity contribution in [2.75, 3.05) is 19.7 Å². The van der Waals surface area contributed by atoms with E-state index in [0.717, 1.165) is 25.5 Å². The second-order valence-corrected chi connectivity index (χ2v) is 4.40. The Morgan fingerprint density at radius 1 is 1.56 bits per heavy atom. The first-order chi connectivity index (χ1) is 7.69. The fourth-order valence-corrected chi connectivity index (χ4v) is 2.12. The lowest BCUT2D eigenvalue weighted by Crippen LogP contribution is -2.47. The highest BCUT2D eigenvalue weighted by molar-refractivity contribution is 4.92. The molecule has 1 aromatic heterocycles. The van der Waals surface area contributed by atoms with Gasteiger partial charge in [-0.3, -0.25) is 4.90 Å². The maximum Gasteiger partial charge on any atom is 0.122 e. The number of nitrogens with zero attached hydrogens (tertiary/aromatic N) is 3. The van der Waals surface area contributed by atoms with E-state index in [1.807, 2.05) is 30.9 Å². The molecule has 2 atom stereocenters. The van der Waals surface area contributed by atoms with Crippen molar-refractivity contribution in [2.45, 2.75) is 25.7 Å². The van der Waals surface area contributed by atoms with E-state index in [-0.39, 0.29) is 18.8 Å². The number of rotatable bonds is 3. The Hall–Kier alpha value is -0.910. The van der Waals surface area contributed by atoms with E-state index in [4.69, 9.17) is 9.84 Å². The molecule has 0 aliphatic carbocycles. The molecule has 0 amide bonds. The molecule has 0 saturated carbocycles. The predicted octanol–water partition coefficient (Wildman–Crippen LogP) is 0.00170. The molecule has 5 nitrogen and oxygen atoms in total. The molecule has 5 heteroatoms. The summed E-state index contributed by atoms with van der Waals surface area (Å²) in [5.41, 5.74) is 0. The molecule has 90 valence electrons. The zero-order valence-electron chi connectivity index (χ0n) is 9.83. The van der Waals surface area contributed by atoms with E-state index >= 15 is 0 Å². The van der Waals surface area contributed by atoms with Gasteiger partial charge in [-0.25, -0.2) is 4.98 Å². The highest BCUT2D eigenvalue weighted by Crippen LogP contribution is 2.13. The van der Waals surface area contributed by atoms with Crippen LogP contribution in [0.1, 0.15) is 12.7 Å². The third-order valence-corrected chi connectivity index (χ3v) is 2.89. The zero-order valence-corrected chi connectivity index (χ0v) is 9.83.